The zero-order valence-corrected chi connectivity index (χ0v) is 13.1. The van der Waals surface area contributed by atoms with E-state index in [-0.39, 0.29) is 5.82 Å². The SMILES string of the molecule is C[C@@H](O)c1cccc(F)c1N(C)Cc1csc(Br)c1. The number of hydrogen-bond acceptors (Lipinski definition) is 3. The maximum absolute atomic E-state index is 14.0. The lowest BCUT2D eigenvalue weighted by Crippen LogP contribution is -2.19. The fourth-order valence-corrected chi connectivity index (χ4v) is 3.25. The van der Waals surface area contributed by atoms with Crippen molar-refractivity contribution in [1.82, 2.24) is 0 Å². The van der Waals surface area contributed by atoms with E-state index in [0.29, 0.717) is 17.8 Å². The van der Waals surface area contributed by atoms with Crippen molar-refractivity contribution in [3.8, 4) is 0 Å². The van der Waals surface area contributed by atoms with Crippen LogP contribution in [0.25, 0.3) is 0 Å². The minimum absolute atomic E-state index is 0.310. The lowest BCUT2D eigenvalue weighted by atomic mass is 10.1. The van der Waals surface area contributed by atoms with Gasteiger partial charge in [0.25, 0.3) is 0 Å². The molecule has 5 heteroatoms. The van der Waals surface area contributed by atoms with Crippen molar-refractivity contribution in [1.29, 1.82) is 0 Å². The van der Waals surface area contributed by atoms with Crippen molar-refractivity contribution in [3.63, 3.8) is 0 Å². The number of halogens is 2. The Kier molecular flexibility index (Phi) is 4.60. The first kappa shape index (κ1) is 14.5. The van der Waals surface area contributed by atoms with Crippen molar-refractivity contribution >= 4 is 33.0 Å². The summed E-state index contributed by atoms with van der Waals surface area (Å²) in [5, 5.41) is 11.8. The third-order valence-corrected chi connectivity index (χ3v) is 4.44. The van der Waals surface area contributed by atoms with Gasteiger partial charge in [-0.05, 0) is 45.9 Å². The molecule has 0 aliphatic carbocycles. The molecule has 0 bridgehead atoms. The molecule has 1 N–H and O–H groups in total. The summed E-state index contributed by atoms with van der Waals surface area (Å²) in [4.78, 5) is 1.83. The number of rotatable bonds is 4. The van der Waals surface area contributed by atoms with E-state index < -0.39 is 6.10 Å². The van der Waals surface area contributed by atoms with Gasteiger partial charge in [-0.25, -0.2) is 4.39 Å². The van der Waals surface area contributed by atoms with Crippen molar-refractivity contribution in [2.45, 2.75) is 19.6 Å². The molecule has 2 aromatic rings. The van der Waals surface area contributed by atoms with Crippen LogP contribution in [0, 0.1) is 5.82 Å². The minimum atomic E-state index is -0.692. The highest BCUT2D eigenvalue weighted by Crippen LogP contribution is 2.30. The predicted molar refractivity (Wildman–Crippen MR) is 81.2 cm³/mol. The molecule has 2 nitrogen and oxygen atoms in total. The quantitative estimate of drug-likeness (QED) is 0.892. The van der Waals surface area contributed by atoms with Crippen molar-refractivity contribution < 1.29 is 9.50 Å². The van der Waals surface area contributed by atoms with Gasteiger partial charge < -0.3 is 10.0 Å². The monoisotopic (exact) mass is 343 g/mol. The van der Waals surface area contributed by atoms with E-state index in [1.165, 1.54) is 6.07 Å². The summed E-state index contributed by atoms with van der Waals surface area (Å²) in [7, 11) is 1.83. The Morgan fingerprint density at radius 1 is 1.47 bits per heavy atom. The predicted octanol–water partition coefficient (Wildman–Crippen LogP) is 4.34. The van der Waals surface area contributed by atoms with Crippen LogP contribution in [0.1, 0.15) is 24.2 Å². The maximum atomic E-state index is 14.0. The van der Waals surface area contributed by atoms with Crippen LogP contribution in [0.4, 0.5) is 10.1 Å². The van der Waals surface area contributed by atoms with Gasteiger partial charge in [0.05, 0.1) is 15.6 Å². The normalized spacial score (nSPS) is 12.5. The number of aliphatic hydroxyl groups is 1. The zero-order valence-electron chi connectivity index (χ0n) is 10.7. The van der Waals surface area contributed by atoms with Gasteiger partial charge >= 0.3 is 0 Å². The summed E-state index contributed by atoms with van der Waals surface area (Å²) in [5.41, 5.74) is 2.18. The van der Waals surface area contributed by atoms with Gasteiger partial charge in [-0.1, -0.05) is 12.1 Å². The first-order chi connectivity index (χ1) is 8.99. The molecular weight excluding hydrogens is 329 g/mol. The molecule has 0 saturated heterocycles. The number of nitrogens with zero attached hydrogens (tertiary/aromatic N) is 1. The summed E-state index contributed by atoms with van der Waals surface area (Å²) in [6, 6.07) is 6.81. The number of anilines is 1. The zero-order chi connectivity index (χ0) is 14.0. The largest absolute Gasteiger partial charge is 0.389 e. The topological polar surface area (TPSA) is 23.5 Å². The summed E-state index contributed by atoms with van der Waals surface area (Å²) in [6.07, 6.45) is -0.692. The number of para-hydroxylation sites is 1. The molecule has 0 amide bonds. The Morgan fingerprint density at radius 2 is 2.21 bits per heavy atom. The van der Waals surface area contributed by atoms with E-state index in [4.69, 9.17) is 0 Å². The highest BCUT2D eigenvalue weighted by atomic mass is 79.9. The molecule has 1 aromatic carbocycles. The van der Waals surface area contributed by atoms with Crippen LogP contribution in [-0.4, -0.2) is 12.2 Å². The van der Waals surface area contributed by atoms with Crippen LogP contribution in [-0.2, 0) is 6.54 Å². The van der Waals surface area contributed by atoms with Gasteiger partial charge in [-0.3, -0.25) is 0 Å². The molecular formula is C14H15BrFNOS. The lowest BCUT2D eigenvalue weighted by Gasteiger charge is -2.23. The third-order valence-electron chi connectivity index (χ3n) is 2.89. The van der Waals surface area contributed by atoms with E-state index in [1.807, 2.05) is 23.4 Å². The Hall–Kier alpha value is -0.910. The van der Waals surface area contributed by atoms with E-state index in [0.717, 1.165) is 9.35 Å². The van der Waals surface area contributed by atoms with E-state index in [9.17, 15) is 9.50 Å². The average molecular weight is 344 g/mol. The van der Waals surface area contributed by atoms with Crippen molar-refractivity contribution in [2.24, 2.45) is 0 Å². The van der Waals surface area contributed by atoms with Gasteiger partial charge in [-0.2, -0.15) is 0 Å². The number of aliphatic hydroxyl groups excluding tert-OH is 1. The van der Waals surface area contributed by atoms with Crippen molar-refractivity contribution in [2.75, 3.05) is 11.9 Å². The fourth-order valence-electron chi connectivity index (χ4n) is 2.05. The smallest absolute Gasteiger partial charge is 0.146 e. The van der Waals surface area contributed by atoms with Crippen LogP contribution in [0.3, 0.4) is 0 Å². The summed E-state index contributed by atoms with van der Waals surface area (Å²) in [5.74, 6) is -0.310. The van der Waals surface area contributed by atoms with Crippen LogP contribution in [0.2, 0.25) is 0 Å². The van der Waals surface area contributed by atoms with E-state index in [1.54, 1.807) is 30.4 Å². The second-order valence-corrected chi connectivity index (χ2v) is 6.76. The van der Waals surface area contributed by atoms with Crippen LogP contribution >= 0.6 is 27.3 Å². The molecule has 102 valence electrons. The highest BCUT2D eigenvalue weighted by Gasteiger charge is 2.16. The molecule has 0 saturated carbocycles. The fraction of sp³-hybridized carbons (Fsp3) is 0.286. The molecule has 1 atom stereocenters. The molecule has 0 unspecified atom stereocenters. The number of benzene rings is 1. The van der Waals surface area contributed by atoms with Crippen LogP contribution in [0.5, 0.6) is 0 Å². The van der Waals surface area contributed by atoms with Crippen LogP contribution in [0.15, 0.2) is 33.4 Å². The first-order valence-electron chi connectivity index (χ1n) is 5.89. The maximum Gasteiger partial charge on any atom is 0.146 e. The minimum Gasteiger partial charge on any atom is -0.389 e. The summed E-state index contributed by atoms with van der Waals surface area (Å²) in [6.45, 7) is 2.25. The second-order valence-electron chi connectivity index (χ2n) is 4.47. The van der Waals surface area contributed by atoms with E-state index in [2.05, 4.69) is 15.9 Å². The molecule has 0 aliphatic heterocycles. The van der Waals surface area contributed by atoms with Gasteiger partial charge in [-0.15, -0.1) is 11.3 Å². The molecule has 1 heterocycles. The van der Waals surface area contributed by atoms with E-state index >= 15 is 0 Å². The lowest BCUT2D eigenvalue weighted by molar-refractivity contribution is 0.199. The molecule has 2 rings (SSSR count). The molecule has 0 fully saturated rings. The van der Waals surface area contributed by atoms with Gasteiger partial charge in [0.2, 0.25) is 0 Å². The third kappa shape index (κ3) is 3.35. The second kappa shape index (κ2) is 6.03. The standard InChI is InChI=1S/C14H15BrFNOS/c1-9(18)11-4-3-5-12(16)14(11)17(2)7-10-6-13(15)19-8-10/h3-6,8-9,18H,7H2,1-2H3/t9-/m1/s1. The van der Waals surface area contributed by atoms with Gasteiger partial charge in [0, 0.05) is 19.2 Å². The van der Waals surface area contributed by atoms with Crippen molar-refractivity contribution in [3.05, 3.63) is 50.4 Å². The summed E-state index contributed by atoms with van der Waals surface area (Å²) >= 11 is 5.02. The Morgan fingerprint density at radius 3 is 2.79 bits per heavy atom. The first-order valence-corrected chi connectivity index (χ1v) is 7.57. The molecule has 19 heavy (non-hydrogen) atoms. The van der Waals surface area contributed by atoms with Gasteiger partial charge in [0.1, 0.15) is 5.82 Å². The average Bonchev–Trinajstić information content (AvgIpc) is 2.74. The number of thiophene rings is 1. The van der Waals surface area contributed by atoms with Gasteiger partial charge in [0.15, 0.2) is 0 Å². The Labute approximate surface area is 124 Å². The summed E-state index contributed by atoms with van der Waals surface area (Å²) < 4.78 is 15.1. The molecule has 0 aliphatic rings. The molecule has 0 spiro atoms. The number of hydrogen-bond donors (Lipinski definition) is 1. The Balaban J connectivity index is 2.30. The highest BCUT2D eigenvalue weighted by molar-refractivity contribution is 9.11. The molecule has 0 radical (unpaired) electrons. The van der Waals surface area contributed by atoms with Crippen LogP contribution < -0.4 is 4.90 Å². The Bertz CT molecular complexity index is 570. The molecule has 1 aromatic heterocycles.